The Kier molecular flexibility index (Phi) is 4.14. The molecule has 0 aliphatic rings. The third-order valence-corrected chi connectivity index (χ3v) is 4.65. The summed E-state index contributed by atoms with van der Waals surface area (Å²) in [5.41, 5.74) is 2.75. The smallest absolute Gasteiger partial charge is 0.270 e. The molecule has 2 heterocycles. The number of para-hydroxylation sites is 3. The highest BCUT2D eigenvalue weighted by molar-refractivity contribution is 5.78. The first-order valence-electron chi connectivity index (χ1n) is 9.25. The molecule has 0 unspecified atom stereocenters. The van der Waals surface area contributed by atoms with Gasteiger partial charge in [-0.1, -0.05) is 54.6 Å². The molecule has 5 aromatic rings. The van der Waals surface area contributed by atoms with Gasteiger partial charge in [0.05, 0.1) is 17.6 Å². The summed E-state index contributed by atoms with van der Waals surface area (Å²) in [5.74, 6) is 0.428. The highest BCUT2D eigenvalue weighted by Crippen LogP contribution is 2.21. The number of rotatable bonds is 4. The quantitative estimate of drug-likeness (QED) is 0.505. The Hall–Kier alpha value is -4.19. The summed E-state index contributed by atoms with van der Waals surface area (Å²) in [5, 5.41) is 8.16. The van der Waals surface area contributed by atoms with Crippen molar-refractivity contribution < 1.29 is 0 Å². The van der Waals surface area contributed by atoms with Crippen LogP contribution in [0.1, 0.15) is 0 Å². The summed E-state index contributed by atoms with van der Waals surface area (Å²) in [6.45, 7) is 0. The zero-order valence-corrected chi connectivity index (χ0v) is 15.4. The fraction of sp³-hybridized carbons (Fsp3) is 0. The molecule has 0 spiro atoms. The molecule has 3 aromatic carbocycles. The molecule has 1 N–H and O–H groups in total. The summed E-state index contributed by atoms with van der Waals surface area (Å²) in [6, 6.07) is 28.8. The summed E-state index contributed by atoms with van der Waals surface area (Å²) in [6.07, 6.45) is 1.57. The fourth-order valence-corrected chi connectivity index (χ4v) is 3.28. The van der Waals surface area contributed by atoms with E-state index in [1.807, 2.05) is 91.0 Å². The van der Waals surface area contributed by atoms with Crippen LogP contribution in [0.5, 0.6) is 0 Å². The van der Waals surface area contributed by atoms with E-state index in [4.69, 9.17) is 4.98 Å². The SMILES string of the molecule is O=c1c2cnn(-c3ccccc3)c2nc(Nc2ccccc2)n1-c1ccccc1. The minimum atomic E-state index is -0.179. The van der Waals surface area contributed by atoms with Crippen molar-refractivity contribution in [3.63, 3.8) is 0 Å². The average molecular weight is 379 g/mol. The first-order chi connectivity index (χ1) is 14.3. The largest absolute Gasteiger partial charge is 0.325 e. The van der Waals surface area contributed by atoms with E-state index in [1.165, 1.54) is 0 Å². The van der Waals surface area contributed by atoms with Crippen LogP contribution in [0.15, 0.2) is 102 Å². The van der Waals surface area contributed by atoms with Gasteiger partial charge >= 0.3 is 0 Å². The van der Waals surface area contributed by atoms with Crippen LogP contribution in [0.2, 0.25) is 0 Å². The minimum Gasteiger partial charge on any atom is -0.325 e. The van der Waals surface area contributed by atoms with Gasteiger partial charge in [0.1, 0.15) is 5.39 Å². The molecule has 0 saturated carbocycles. The van der Waals surface area contributed by atoms with Gasteiger partial charge in [-0.05, 0) is 36.4 Å². The Balaban J connectivity index is 1.78. The van der Waals surface area contributed by atoms with Crippen LogP contribution in [0, 0.1) is 0 Å². The van der Waals surface area contributed by atoms with Gasteiger partial charge in [0.25, 0.3) is 5.56 Å². The molecule has 6 nitrogen and oxygen atoms in total. The third-order valence-electron chi connectivity index (χ3n) is 4.65. The number of anilines is 2. The van der Waals surface area contributed by atoms with E-state index < -0.39 is 0 Å². The van der Waals surface area contributed by atoms with Crippen LogP contribution in [0.3, 0.4) is 0 Å². The van der Waals surface area contributed by atoms with Gasteiger partial charge in [-0.25, -0.2) is 9.25 Å². The number of aromatic nitrogens is 4. The van der Waals surface area contributed by atoms with E-state index in [2.05, 4.69) is 10.4 Å². The Bertz CT molecular complexity index is 1330. The van der Waals surface area contributed by atoms with Gasteiger partial charge in [-0.15, -0.1) is 0 Å². The molecule has 0 fully saturated rings. The van der Waals surface area contributed by atoms with Crippen molar-refractivity contribution in [2.45, 2.75) is 0 Å². The second-order valence-corrected chi connectivity index (χ2v) is 6.53. The lowest BCUT2D eigenvalue weighted by Gasteiger charge is -2.14. The van der Waals surface area contributed by atoms with Crippen LogP contribution in [-0.4, -0.2) is 19.3 Å². The second-order valence-electron chi connectivity index (χ2n) is 6.53. The molecule has 6 heteroatoms. The third kappa shape index (κ3) is 3.06. The van der Waals surface area contributed by atoms with E-state index in [0.29, 0.717) is 17.0 Å². The minimum absolute atomic E-state index is 0.179. The first kappa shape index (κ1) is 16.9. The van der Waals surface area contributed by atoms with Gasteiger partial charge in [0.2, 0.25) is 5.95 Å². The van der Waals surface area contributed by atoms with Gasteiger partial charge in [-0.2, -0.15) is 10.1 Å². The lowest BCUT2D eigenvalue weighted by atomic mass is 10.3. The zero-order valence-electron chi connectivity index (χ0n) is 15.4. The highest BCUT2D eigenvalue weighted by Gasteiger charge is 2.17. The molecule has 2 aromatic heterocycles. The number of hydrogen-bond donors (Lipinski definition) is 1. The number of nitrogens with one attached hydrogen (secondary N) is 1. The molecule has 0 radical (unpaired) electrons. The normalized spacial score (nSPS) is 10.9. The number of hydrogen-bond acceptors (Lipinski definition) is 4. The van der Waals surface area contributed by atoms with Crippen LogP contribution >= 0.6 is 0 Å². The fourth-order valence-electron chi connectivity index (χ4n) is 3.28. The predicted octanol–water partition coefficient (Wildman–Crippen LogP) is 4.32. The van der Waals surface area contributed by atoms with Gasteiger partial charge in [-0.3, -0.25) is 4.79 Å². The number of fused-ring (bicyclic) bond motifs is 1. The molecule has 0 saturated heterocycles. The Morgan fingerprint density at radius 1 is 0.724 bits per heavy atom. The van der Waals surface area contributed by atoms with Crippen LogP contribution in [0.25, 0.3) is 22.4 Å². The Morgan fingerprint density at radius 3 is 1.97 bits per heavy atom. The van der Waals surface area contributed by atoms with Crippen molar-refractivity contribution in [1.82, 2.24) is 19.3 Å². The molecule has 0 aliphatic heterocycles. The molecule has 0 atom stereocenters. The van der Waals surface area contributed by atoms with Crippen molar-refractivity contribution in [2.24, 2.45) is 0 Å². The van der Waals surface area contributed by atoms with Gasteiger partial charge in [0.15, 0.2) is 5.65 Å². The maximum atomic E-state index is 13.4. The lowest BCUT2D eigenvalue weighted by Crippen LogP contribution is -2.22. The van der Waals surface area contributed by atoms with E-state index >= 15 is 0 Å². The molecule has 0 aliphatic carbocycles. The maximum Gasteiger partial charge on any atom is 0.270 e. The van der Waals surface area contributed by atoms with Crippen molar-refractivity contribution >= 4 is 22.7 Å². The summed E-state index contributed by atoms with van der Waals surface area (Å²) >= 11 is 0. The highest BCUT2D eigenvalue weighted by atomic mass is 16.1. The summed E-state index contributed by atoms with van der Waals surface area (Å²) in [4.78, 5) is 18.2. The van der Waals surface area contributed by atoms with Crippen molar-refractivity contribution in [3.05, 3.63) is 108 Å². The lowest BCUT2D eigenvalue weighted by molar-refractivity contribution is 0.888. The predicted molar refractivity (Wildman–Crippen MR) is 114 cm³/mol. The van der Waals surface area contributed by atoms with Crippen LogP contribution in [0.4, 0.5) is 11.6 Å². The van der Waals surface area contributed by atoms with Crippen LogP contribution < -0.4 is 10.9 Å². The first-order valence-corrected chi connectivity index (χ1v) is 9.25. The van der Waals surface area contributed by atoms with Crippen molar-refractivity contribution in [1.29, 1.82) is 0 Å². The molecule has 0 amide bonds. The Morgan fingerprint density at radius 2 is 1.31 bits per heavy atom. The summed E-state index contributed by atoms with van der Waals surface area (Å²) < 4.78 is 3.26. The summed E-state index contributed by atoms with van der Waals surface area (Å²) in [7, 11) is 0. The van der Waals surface area contributed by atoms with E-state index in [1.54, 1.807) is 15.4 Å². The molecule has 140 valence electrons. The zero-order chi connectivity index (χ0) is 19.6. The maximum absolute atomic E-state index is 13.4. The Labute approximate surface area is 166 Å². The van der Waals surface area contributed by atoms with Crippen LogP contribution in [-0.2, 0) is 0 Å². The van der Waals surface area contributed by atoms with E-state index in [-0.39, 0.29) is 5.56 Å². The standard InChI is InChI=1S/C23H17N5O/c29-22-20-16-24-28(19-14-8-3-9-15-19)21(20)26-23(25-17-10-4-1-5-11-17)27(22)18-12-6-2-7-13-18/h1-16H,(H,25,26). The van der Waals surface area contributed by atoms with Gasteiger partial charge < -0.3 is 5.32 Å². The van der Waals surface area contributed by atoms with E-state index in [0.717, 1.165) is 17.1 Å². The number of benzene rings is 3. The molecule has 0 bridgehead atoms. The molecule has 5 rings (SSSR count). The second kappa shape index (κ2) is 7.09. The van der Waals surface area contributed by atoms with Gasteiger partial charge in [0, 0.05) is 5.69 Å². The number of nitrogens with zero attached hydrogens (tertiary/aromatic N) is 4. The monoisotopic (exact) mass is 379 g/mol. The molecular formula is C23H17N5O. The molecule has 29 heavy (non-hydrogen) atoms. The molecular weight excluding hydrogens is 362 g/mol. The van der Waals surface area contributed by atoms with Crippen molar-refractivity contribution in [3.8, 4) is 11.4 Å². The van der Waals surface area contributed by atoms with E-state index in [9.17, 15) is 4.79 Å². The topological polar surface area (TPSA) is 64.7 Å². The van der Waals surface area contributed by atoms with Crippen molar-refractivity contribution in [2.75, 3.05) is 5.32 Å². The average Bonchev–Trinajstić information content (AvgIpc) is 3.20.